The number of alkyl halides is 2. The van der Waals surface area contributed by atoms with Crippen molar-refractivity contribution in [2.45, 2.75) is 31.3 Å². The lowest BCUT2D eigenvalue weighted by Crippen LogP contribution is -2.40. The number of carbonyl (C=O) groups is 1. The zero-order chi connectivity index (χ0) is 18.4. The third kappa shape index (κ3) is 5.47. The van der Waals surface area contributed by atoms with Gasteiger partial charge in [-0.25, -0.2) is 8.42 Å². The molecule has 2 rings (SSSR count). The molecule has 1 aromatic carbocycles. The van der Waals surface area contributed by atoms with Crippen molar-refractivity contribution in [2.75, 3.05) is 26.2 Å². The van der Waals surface area contributed by atoms with Gasteiger partial charge in [0.15, 0.2) is 0 Å². The summed E-state index contributed by atoms with van der Waals surface area (Å²) in [5.41, 5.74) is 0.699. The highest BCUT2D eigenvalue weighted by Crippen LogP contribution is 2.19. The molecule has 8 heteroatoms. The van der Waals surface area contributed by atoms with Gasteiger partial charge in [0.1, 0.15) is 0 Å². The molecular formula is C17H24F2N2O3S. The molecule has 1 amide bonds. The van der Waals surface area contributed by atoms with E-state index < -0.39 is 21.3 Å². The van der Waals surface area contributed by atoms with E-state index in [9.17, 15) is 22.0 Å². The van der Waals surface area contributed by atoms with Crippen LogP contribution in [0.4, 0.5) is 8.78 Å². The molecule has 1 saturated heterocycles. The van der Waals surface area contributed by atoms with Crippen LogP contribution in [0.15, 0.2) is 24.3 Å². The number of sulfone groups is 1. The van der Waals surface area contributed by atoms with Gasteiger partial charge in [0.05, 0.1) is 5.75 Å². The van der Waals surface area contributed by atoms with E-state index in [2.05, 4.69) is 12.2 Å². The van der Waals surface area contributed by atoms with Gasteiger partial charge in [0.2, 0.25) is 9.84 Å². The Balaban J connectivity index is 1.93. The van der Waals surface area contributed by atoms with Crippen LogP contribution in [-0.4, -0.2) is 51.2 Å². The Kier molecular flexibility index (Phi) is 6.89. The molecule has 1 heterocycles. The normalized spacial score (nSPS) is 16.4. The minimum absolute atomic E-state index is 0.106. The van der Waals surface area contributed by atoms with Crippen molar-refractivity contribution < 1.29 is 22.0 Å². The predicted octanol–water partition coefficient (Wildman–Crippen LogP) is 2.29. The SMILES string of the molecule is CCNCC1CCN(C(=O)c2ccc(CS(=O)(=O)C(F)F)cc2)CC1. The summed E-state index contributed by atoms with van der Waals surface area (Å²) in [6.45, 7) is 5.35. The second-order valence-corrected chi connectivity index (χ2v) is 8.28. The number of piperidine rings is 1. The Morgan fingerprint density at radius 2 is 1.84 bits per heavy atom. The first kappa shape index (κ1) is 19.8. The maximum absolute atomic E-state index is 12.5. The molecule has 5 nitrogen and oxygen atoms in total. The van der Waals surface area contributed by atoms with Gasteiger partial charge in [-0.2, -0.15) is 8.78 Å². The summed E-state index contributed by atoms with van der Waals surface area (Å²) in [4.78, 5) is 14.3. The van der Waals surface area contributed by atoms with Gasteiger partial charge < -0.3 is 10.2 Å². The van der Waals surface area contributed by atoms with Crippen LogP contribution in [0.1, 0.15) is 35.7 Å². The number of benzene rings is 1. The number of halogens is 2. The Hall–Kier alpha value is -1.54. The van der Waals surface area contributed by atoms with E-state index in [1.165, 1.54) is 24.3 Å². The number of nitrogens with one attached hydrogen (secondary N) is 1. The molecule has 1 N–H and O–H groups in total. The molecule has 0 radical (unpaired) electrons. The van der Waals surface area contributed by atoms with Gasteiger partial charge in [-0.1, -0.05) is 19.1 Å². The second kappa shape index (κ2) is 8.71. The number of likely N-dealkylation sites (tertiary alicyclic amines) is 1. The number of rotatable bonds is 7. The fourth-order valence-electron chi connectivity index (χ4n) is 2.91. The Morgan fingerprint density at radius 1 is 1.24 bits per heavy atom. The monoisotopic (exact) mass is 374 g/mol. The lowest BCUT2D eigenvalue weighted by atomic mass is 9.96. The molecule has 1 aliphatic heterocycles. The summed E-state index contributed by atoms with van der Waals surface area (Å²) in [5, 5.41) is 3.32. The van der Waals surface area contributed by atoms with Gasteiger partial charge in [-0.05, 0) is 49.5 Å². The first-order valence-electron chi connectivity index (χ1n) is 8.42. The third-order valence-corrected chi connectivity index (χ3v) is 5.70. The van der Waals surface area contributed by atoms with Gasteiger partial charge in [-0.3, -0.25) is 4.79 Å². The van der Waals surface area contributed by atoms with E-state index in [4.69, 9.17) is 0 Å². The van der Waals surface area contributed by atoms with Gasteiger partial charge in [-0.15, -0.1) is 0 Å². The molecule has 0 atom stereocenters. The lowest BCUT2D eigenvalue weighted by Gasteiger charge is -2.32. The highest BCUT2D eigenvalue weighted by atomic mass is 32.2. The summed E-state index contributed by atoms with van der Waals surface area (Å²) in [6, 6.07) is 5.85. The average Bonchev–Trinajstić information content (AvgIpc) is 2.60. The van der Waals surface area contributed by atoms with E-state index in [-0.39, 0.29) is 11.5 Å². The average molecular weight is 374 g/mol. The number of carbonyl (C=O) groups excluding carboxylic acids is 1. The summed E-state index contributed by atoms with van der Waals surface area (Å²) >= 11 is 0. The molecule has 25 heavy (non-hydrogen) atoms. The van der Waals surface area contributed by atoms with Gasteiger partial charge in [0, 0.05) is 18.7 Å². The zero-order valence-electron chi connectivity index (χ0n) is 14.2. The maximum atomic E-state index is 12.5. The summed E-state index contributed by atoms with van der Waals surface area (Å²) < 4.78 is 47.3. The molecule has 1 fully saturated rings. The predicted molar refractivity (Wildman–Crippen MR) is 92.2 cm³/mol. The molecule has 1 aromatic rings. The van der Waals surface area contributed by atoms with Crippen LogP contribution >= 0.6 is 0 Å². The number of amides is 1. The van der Waals surface area contributed by atoms with Crippen LogP contribution in [0.25, 0.3) is 0 Å². The second-order valence-electron chi connectivity index (χ2n) is 6.31. The third-order valence-electron chi connectivity index (χ3n) is 4.42. The number of nitrogens with zero attached hydrogens (tertiary/aromatic N) is 1. The highest BCUT2D eigenvalue weighted by molar-refractivity contribution is 7.90. The summed E-state index contributed by atoms with van der Waals surface area (Å²) in [7, 11) is -4.45. The van der Waals surface area contributed by atoms with Crippen molar-refractivity contribution in [3.05, 3.63) is 35.4 Å². The fourth-order valence-corrected chi connectivity index (χ4v) is 3.69. The van der Waals surface area contributed by atoms with E-state index in [0.29, 0.717) is 24.6 Å². The standard InChI is InChI=1S/C17H24F2N2O3S/c1-2-20-11-13-7-9-21(10-8-13)16(22)15-5-3-14(4-6-15)12-25(23,24)17(18)19/h3-6,13,17,20H,2,7-12H2,1H3. The van der Waals surface area contributed by atoms with Crippen LogP contribution in [0, 0.1) is 5.92 Å². The molecule has 0 spiro atoms. The molecule has 0 unspecified atom stereocenters. The van der Waals surface area contributed by atoms with Crippen molar-refractivity contribution >= 4 is 15.7 Å². The largest absolute Gasteiger partial charge is 0.339 e. The van der Waals surface area contributed by atoms with Crippen molar-refractivity contribution in [3.8, 4) is 0 Å². The van der Waals surface area contributed by atoms with E-state index >= 15 is 0 Å². The molecule has 0 aromatic heterocycles. The van der Waals surface area contributed by atoms with E-state index in [1.54, 1.807) is 4.90 Å². The van der Waals surface area contributed by atoms with Crippen LogP contribution in [0.3, 0.4) is 0 Å². The van der Waals surface area contributed by atoms with E-state index in [1.807, 2.05) is 0 Å². The first-order valence-corrected chi connectivity index (χ1v) is 10.1. The van der Waals surface area contributed by atoms with Crippen molar-refractivity contribution in [1.29, 1.82) is 0 Å². The maximum Gasteiger partial charge on any atom is 0.337 e. The summed E-state index contributed by atoms with van der Waals surface area (Å²) in [5.74, 6) is -3.65. The Morgan fingerprint density at radius 3 is 2.36 bits per heavy atom. The molecule has 0 aliphatic carbocycles. The van der Waals surface area contributed by atoms with Crippen molar-refractivity contribution in [2.24, 2.45) is 5.92 Å². The quantitative estimate of drug-likeness (QED) is 0.795. The minimum atomic E-state index is -4.45. The van der Waals surface area contributed by atoms with Crippen molar-refractivity contribution in [1.82, 2.24) is 10.2 Å². The zero-order valence-corrected chi connectivity index (χ0v) is 15.1. The molecule has 1 aliphatic rings. The highest BCUT2D eigenvalue weighted by Gasteiger charge is 2.25. The molecule has 140 valence electrons. The lowest BCUT2D eigenvalue weighted by molar-refractivity contribution is 0.0690. The molecule has 0 saturated carbocycles. The smallest absolute Gasteiger partial charge is 0.337 e. The summed E-state index contributed by atoms with van der Waals surface area (Å²) in [6.07, 6.45) is 1.90. The molecular weight excluding hydrogens is 350 g/mol. The number of hydrogen-bond donors (Lipinski definition) is 1. The van der Waals surface area contributed by atoms with E-state index in [0.717, 1.165) is 25.9 Å². The topological polar surface area (TPSA) is 66.5 Å². The Labute approximate surface area is 147 Å². The minimum Gasteiger partial charge on any atom is -0.339 e. The molecule has 0 bridgehead atoms. The first-order chi connectivity index (χ1) is 11.8. The van der Waals surface area contributed by atoms with Crippen LogP contribution in [0.5, 0.6) is 0 Å². The van der Waals surface area contributed by atoms with Crippen LogP contribution < -0.4 is 5.32 Å². The van der Waals surface area contributed by atoms with Gasteiger partial charge >= 0.3 is 5.76 Å². The fraction of sp³-hybridized carbons (Fsp3) is 0.588. The number of hydrogen-bond acceptors (Lipinski definition) is 4. The van der Waals surface area contributed by atoms with Crippen LogP contribution in [-0.2, 0) is 15.6 Å². The van der Waals surface area contributed by atoms with Gasteiger partial charge in [0.25, 0.3) is 5.91 Å². The Bertz CT molecular complexity index is 670. The van der Waals surface area contributed by atoms with Crippen LogP contribution in [0.2, 0.25) is 0 Å². The van der Waals surface area contributed by atoms with Crippen molar-refractivity contribution in [3.63, 3.8) is 0 Å².